The number of pyridine rings is 1. The molecule has 1 N–H and O–H groups in total. The van der Waals surface area contributed by atoms with E-state index in [9.17, 15) is 4.79 Å². The van der Waals surface area contributed by atoms with E-state index in [2.05, 4.69) is 20.4 Å². The van der Waals surface area contributed by atoms with Crippen LogP contribution in [0.15, 0.2) is 48.8 Å². The number of aromatic nitrogens is 4. The van der Waals surface area contributed by atoms with Gasteiger partial charge in [0.2, 0.25) is 11.9 Å². The average molecular weight is 307 g/mol. The normalized spacial score (nSPS) is 10.5. The van der Waals surface area contributed by atoms with E-state index >= 15 is 0 Å². The van der Waals surface area contributed by atoms with Crippen LogP contribution >= 0.6 is 0 Å². The molecule has 0 saturated carbocycles. The Hall–Kier alpha value is -3.02. The summed E-state index contributed by atoms with van der Waals surface area (Å²) < 4.78 is 1.27. The Morgan fingerprint density at radius 3 is 2.65 bits per heavy atom. The Kier molecular flexibility index (Phi) is 4.14. The number of carbonyl (C=O) groups is 1. The summed E-state index contributed by atoms with van der Waals surface area (Å²) in [5.74, 6) is 0.704. The van der Waals surface area contributed by atoms with Crippen LogP contribution in [-0.2, 0) is 6.54 Å². The second-order valence-electron chi connectivity index (χ2n) is 5.27. The highest BCUT2D eigenvalue weighted by Gasteiger charge is 2.14. The van der Waals surface area contributed by atoms with E-state index in [-0.39, 0.29) is 5.91 Å². The largest absolute Gasteiger partial charge is 0.350 e. The van der Waals surface area contributed by atoms with E-state index in [1.807, 2.05) is 43.3 Å². The van der Waals surface area contributed by atoms with Gasteiger partial charge in [-0.15, -0.1) is 5.10 Å². The number of nitrogens with zero attached hydrogens (tertiary/aromatic N) is 4. The summed E-state index contributed by atoms with van der Waals surface area (Å²) in [6, 6.07) is 11.8. The van der Waals surface area contributed by atoms with Gasteiger partial charge in [-0.1, -0.05) is 29.8 Å². The molecule has 0 fully saturated rings. The minimum atomic E-state index is -0.195. The van der Waals surface area contributed by atoms with Gasteiger partial charge in [-0.05, 0) is 24.6 Å². The zero-order valence-electron chi connectivity index (χ0n) is 13.0. The Bertz CT molecular complexity index is 809. The van der Waals surface area contributed by atoms with Gasteiger partial charge in [-0.25, -0.2) is 0 Å². The second-order valence-corrected chi connectivity index (χ2v) is 5.27. The monoisotopic (exact) mass is 307 g/mol. The van der Waals surface area contributed by atoms with Gasteiger partial charge in [-0.2, -0.15) is 9.67 Å². The maximum absolute atomic E-state index is 11.8. The standard InChI is InChI=1S/C17H17N5O/c1-12-5-7-14(8-6-12)10-19-17-20-16(21-22(17)13(2)23)15-4-3-9-18-11-15/h3-9,11H,10H2,1-2H3,(H,19,20,21). The molecule has 0 spiro atoms. The molecule has 116 valence electrons. The van der Waals surface area contributed by atoms with Gasteiger partial charge in [0.05, 0.1) is 0 Å². The number of anilines is 1. The summed E-state index contributed by atoms with van der Waals surface area (Å²) in [6.45, 7) is 4.07. The van der Waals surface area contributed by atoms with Crippen molar-refractivity contribution < 1.29 is 4.79 Å². The molecule has 0 saturated heterocycles. The maximum Gasteiger partial charge on any atom is 0.246 e. The Morgan fingerprint density at radius 2 is 2.00 bits per heavy atom. The zero-order valence-corrected chi connectivity index (χ0v) is 13.0. The van der Waals surface area contributed by atoms with Crippen LogP contribution in [-0.4, -0.2) is 25.7 Å². The molecule has 6 heteroatoms. The van der Waals surface area contributed by atoms with Gasteiger partial charge in [-0.3, -0.25) is 9.78 Å². The van der Waals surface area contributed by atoms with Gasteiger partial charge in [0.15, 0.2) is 5.82 Å². The van der Waals surface area contributed by atoms with Gasteiger partial charge >= 0.3 is 0 Å². The lowest BCUT2D eigenvalue weighted by Crippen LogP contribution is -2.13. The van der Waals surface area contributed by atoms with Crippen LogP contribution < -0.4 is 5.32 Å². The molecule has 0 aliphatic rings. The summed E-state index contributed by atoms with van der Waals surface area (Å²) in [4.78, 5) is 20.2. The second kappa shape index (κ2) is 6.39. The molecule has 0 aliphatic carbocycles. The molecule has 6 nitrogen and oxygen atoms in total. The number of aryl methyl sites for hydroxylation is 1. The predicted octanol–water partition coefficient (Wildman–Crippen LogP) is 2.92. The van der Waals surface area contributed by atoms with Crippen molar-refractivity contribution in [1.29, 1.82) is 0 Å². The molecule has 0 aliphatic heterocycles. The third-order valence-electron chi connectivity index (χ3n) is 3.40. The molecule has 0 radical (unpaired) electrons. The van der Waals surface area contributed by atoms with E-state index in [1.54, 1.807) is 12.4 Å². The van der Waals surface area contributed by atoms with Crippen LogP contribution in [0.5, 0.6) is 0 Å². The first kappa shape index (κ1) is 14.9. The molecular formula is C17H17N5O. The summed E-state index contributed by atoms with van der Waals surface area (Å²) in [5, 5.41) is 7.43. The minimum absolute atomic E-state index is 0.195. The molecule has 2 heterocycles. The lowest BCUT2D eigenvalue weighted by molar-refractivity contribution is 0.0924. The van der Waals surface area contributed by atoms with E-state index < -0.39 is 0 Å². The number of benzene rings is 1. The van der Waals surface area contributed by atoms with E-state index in [0.717, 1.165) is 11.1 Å². The molecule has 0 bridgehead atoms. The SMILES string of the molecule is CC(=O)n1nc(-c2cccnc2)nc1NCc1ccc(C)cc1. The summed E-state index contributed by atoms with van der Waals surface area (Å²) in [7, 11) is 0. The lowest BCUT2D eigenvalue weighted by atomic mass is 10.1. The number of carbonyl (C=O) groups excluding carboxylic acids is 1. The number of rotatable bonds is 4. The minimum Gasteiger partial charge on any atom is -0.350 e. The van der Waals surface area contributed by atoms with Gasteiger partial charge < -0.3 is 5.32 Å². The number of hydrogen-bond donors (Lipinski definition) is 1. The Balaban J connectivity index is 1.84. The van der Waals surface area contributed by atoms with Crippen molar-refractivity contribution in [3.05, 3.63) is 59.9 Å². The van der Waals surface area contributed by atoms with Crippen molar-refractivity contribution in [2.75, 3.05) is 5.32 Å². The van der Waals surface area contributed by atoms with Crippen molar-refractivity contribution in [1.82, 2.24) is 19.7 Å². The lowest BCUT2D eigenvalue weighted by Gasteiger charge is -2.05. The number of nitrogens with one attached hydrogen (secondary N) is 1. The average Bonchev–Trinajstić information content (AvgIpc) is 3.00. The van der Waals surface area contributed by atoms with Crippen molar-refractivity contribution in [3.8, 4) is 11.4 Å². The van der Waals surface area contributed by atoms with Crippen molar-refractivity contribution in [2.24, 2.45) is 0 Å². The number of hydrogen-bond acceptors (Lipinski definition) is 5. The Morgan fingerprint density at radius 1 is 1.22 bits per heavy atom. The van der Waals surface area contributed by atoms with Crippen LogP contribution in [0, 0.1) is 6.92 Å². The Labute approximate surface area is 134 Å². The molecule has 0 amide bonds. The first-order valence-electron chi connectivity index (χ1n) is 7.31. The fraction of sp³-hybridized carbons (Fsp3) is 0.176. The first-order chi connectivity index (χ1) is 11.1. The van der Waals surface area contributed by atoms with Crippen molar-refractivity contribution in [2.45, 2.75) is 20.4 Å². The quantitative estimate of drug-likeness (QED) is 0.802. The third kappa shape index (κ3) is 3.42. The maximum atomic E-state index is 11.8. The molecule has 1 aromatic carbocycles. The smallest absolute Gasteiger partial charge is 0.246 e. The molecule has 0 atom stereocenters. The fourth-order valence-corrected chi connectivity index (χ4v) is 2.15. The molecule has 23 heavy (non-hydrogen) atoms. The highest BCUT2D eigenvalue weighted by molar-refractivity contribution is 5.79. The highest BCUT2D eigenvalue weighted by atomic mass is 16.2. The van der Waals surface area contributed by atoms with E-state index in [1.165, 1.54) is 17.2 Å². The van der Waals surface area contributed by atoms with E-state index in [4.69, 9.17) is 0 Å². The summed E-state index contributed by atoms with van der Waals surface area (Å²) >= 11 is 0. The van der Waals surface area contributed by atoms with Gasteiger partial charge in [0.1, 0.15) is 0 Å². The topological polar surface area (TPSA) is 72.7 Å². The van der Waals surface area contributed by atoms with Gasteiger partial charge in [0.25, 0.3) is 0 Å². The van der Waals surface area contributed by atoms with Gasteiger partial charge in [0, 0.05) is 31.4 Å². The zero-order chi connectivity index (χ0) is 16.2. The van der Waals surface area contributed by atoms with Crippen LogP contribution in [0.4, 0.5) is 5.95 Å². The predicted molar refractivity (Wildman–Crippen MR) is 88.1 cm³/mol. The molecule has 0 unspecified atom stereocenters. The van der Waals surface area contributed by atoms with Crippen LogP contribution in [0.3, 0.4) is 0 Å². The fourth-order valence-electron chi connectivity index (χ4n) is 2.15. The van der Waals surface area contributed by atoms with E-state index in [0.29, 0.717) is 18.3 Å². The summed E-state index contributed by atoms with van der Waals surface area (Å²) in [6.07, 6.45) is 3.35. The summed E-state index contributed by atoms with van der Waals surface area (Å²) in [5.41, 5.74) is 3.09. The van der Waals surface area contributed by atoms with Crippen LogP contribution in [0.1, 0.15) is 22.8 Å². The van der Waals surface area contributed by atoms with Crippen LogP contribution in [0.25, 0.3) is 11.4 Å². The molecular weight excluding hydrogens is 290 g/mol. The van der Waals surface area contributed by atoms with Crippen molar-refractivity contribution in [3.63, 3.8) is 0 Å². The van der Waals surface area contributed by atoms with Crippen LogP contribution in [0.2, 0.25) is 0 Å². The van der Waals surface area contributed by atoms with Crippen molar-refractivity contribution >= 4 is 11.9 Å². The third-order valence-corrected chi connectivity index (χ3v) is 3.40. The molecule has 2 aromatic heterocycles. The molecule has 3 rings (SSSR count). The first-order valence-corrected chi connectivity index (χ1v) is 7.31. The molecule has 3 aromatic rings. The highest BCUT2D eigenvalue weighted by Crippen LogP contribution is 2.17.